The first kappa shape index (κ1) is 26.9. The summed E-state index contributed by atoms with van der Waals surface area (Å²) >= 11 is 0. The molecule has 2 aromatic carbocycles. The summed E-state index contributed by atoms with van der Waals surface area (Å²) < 4.78 is 11.1. The first-order valence-electron chi connectivity index (χ1n) is 11.2. The van der Waals surface area contributed by atoms with E-state index in [4.69, 9.17) is 20.6 Å². The van der Waals surface area contributed by atoms with Gasteiger partial charge in [0.25, 0.3) is 5.54 Å². The minimum atomic E-state index is -2.14. The maximum atomic E-state index is 13.4. The van der Waals surface area contributed by atoms with Crippen molar-refractivity contribution < 1.29 is 19.1 Å². The fourth-order valence-corrected chi connectivity index (χ4v) is 3.22. The first-order valence-corrected chi connectivity index (χ1v) is 11.2. The molecule has 0 aliphatic rings. The first-order chi connectivity index (χ1) is 15.7. The lowest BCUT2D eigenvalue weighted by molar-refractivity contribution is -0.179. The monoisotopic (exact) mass is 468 g/mol. The third-order valence-corrected chi connectivity index (χ3v) is 4.62. The van der Waals surface area contributed by atoms with Gasteiger partial charge in [-0.25, -0.2) is 9.59 Å². The van der Waals surface area contributed by atoms with Gasteiger partial charge >= 0.3 is 11.9 Å². The number of nitrogens with two attached hydrogens (primary N) is 1. The molecule has 0 atom stereocenters. The van der Waals surface area contributed by atoms with E-state index in [1.54, 1.807) is 65.8 Å². The van der Waals surface area contributed by atoms with Crippen molar-refractivity contribution in [1.29, 1.82) is 5.41 Å². The molecule has 0 fully saturated rings. The quantitative estimate of drug-likeness (QED) is 0.203. The summed E-state index contributed by atoms with van der Waals surface area (Å²) in [5.74, 6) is -2.37. The van der Waals surface area contributed by atoms with Gasteiger partial charge in [-0.15, -0.1) is 0 Å². The molecular formula is C26H36N4O4. The van der Waals surface area contributed by atoms with Crippen LogP contribution in [0.5, 0.6) is 0 Å². The van der Waals surface area contributed by atoms with Gasteiger partial charge in [0.05, 0.1) is 0 Å². The second kappa shape index (κ2) is 10.7. The molecule has 8 nitrogen and oxygen atoms in total. The zero-order valence-corrected chi connectivity index (χ0v) is 20.8. The Morgan fingerprint density at radius 3 is 1.65 bits per heavy atom. The lowest BCUT2D eigenvalue weighted by Crippen LogP contribution is -2.61. The van der Waals surface area contributed by atoms with E-state index in [2.05, 4.69) is 10.6 Å². The number of rotatable bonds is 8. The fourth-order valence-electron chi connectivity index (χ4n) is 3.22. The Hall–Kier alpha value is -3.39. The molecule has 0 spiro atoms. The SMILES string of the molecule is CC(C)(C)OC(=O)C(NC(=N)N)(C(=O)OC(C)(C)C)c1ccc(CNCc2ccccc2)cc1. The summed E-state index contributed by atoms with van der Waals surface area (Å²) in [5.41, 5.74) is 4.09. The number of carbonyl (C=O) groups is 2. The third kappa shape index (κ3) is 7.59. The van der Waals surface area contributed by atoms with Gasteiger partial charge < -0.3 is 25.8 Å². The van der Waals surface area contributed by atoms with E-state index in [1.165, 1.54) is 5.56 Å². The van der Waals surface area contributed by atoms with Crippen molar-refractivity contribution in [2.24, 2.45) is 5.73 Å². The Labute approximate surface area is 201 Å². The van der Waals surface area contributed by atoms with Gasteiger partial charge in [-0.05, 0) is 52.7 Å². The number of benzene rings is 2. The van der Waals surface area contributed by atoms with Crippen LogP contribution in [0.4, 0.5) is 0 Å². The van der Waals surface area contributed by atoms with Gasteiger partial charge in [-0.1, -0.05) is 54.6 Å². The highest BCUT2D eigenvalue weighted by molar-refractivity contribution is 6.08. The number of hydrogen-bond acceptors (Lipinski definition) is 6. The van der Waals surface area contributed by atoms with E-state index in [9.17, 15) is 9.59 Å². The van der Waals surface area contributed by atoms with E-state index < -0.39 is 34.6 Å². The largest absolute Gasteiger partial charge is 0.458 e. The zero-order valence-electron chi connectivity index (χ0n) is 20.8. The summed E-state index contributed by atoms with van der Waals surface area (Å²) in [6.07, 6.45) is 0. The van der Waals surface area contributed by atoms with Gasteiger partial charge in [0.1, 0.15) is 11.2 Å². The molecule has 184 valence electrons. The summed E-state index contributed by atoms with van der Waals surface area (Å²) in [6, 6.07) is 16.9. The van der Waals surface area contributed by atoms with E-state index in [1.807, 2.05) is 30.3 Å². The topological polar surface area (TPSA) is 127 Å². The highest BCUT2D eigenvalue weighted by Crippen LogP contribution is 2.29. The smallest absolute Gasteiger partial charge is 0.349 e. The van der Waals surface area contributed by atoms with Crippen LogP contribution in [0, 0.1) is 5.41 Å². The van der Waals surface area contributed by atoms with Crippen molar-refractivity contribution in [3.8, 4) is 0 Å². The van der Waals surface area contributed by atoms with Crippen LogP contribution in [0.3, 0.4) is 0 Å². The van der Waals surface area contributed by atoms with Gasteiger partial charge in [-0.3, -0.25) is 5.41 Å². The number of hydrogen-bond donors (Lipinski definition) is 4. The Bertz CT molecular complexity index is 962. The highest BCUT2D eigenvalue weighted by atomic mass is 16.6. The van der Waals surface area contributed by atoms with Crippen LogP contribution in [0.15, 0.2) is 54.6 Å². The molecule has 34 heavy (non-hydrogen) atoms. The van der Waals surface area contributed by atoms with E-state index in [0.717, 1.165) is 5.56 Å². The van der Waals surface area contributed by atoms with Crippen molar-refractivity contribution in [3.05, 3.63) is 71.3 Å². The highest BCUT2D eigenvalue weighted by Gasteiger charge is 2.53. The van der Waals surface area contributed by atoms with Crippen LogP contribution < -0.4 is 16.4 Å². The molecule has 2 rings (SSSR count). The summed E-state index contributed by atoms with van der Waals surface area (Å²) in [6.45, 7) is 11.5. The molecule has 0 heterocycles. The Morgan fingerprint density at radius 1 is 0.794 bits per heavy atom. The Morgan fingerprint density at radius 2 is 1.24 bits per heavy atom. The average Bonchev–Trinajstić information content (AvgIpc) is 2.70. The number of ether oxygens (including phenoxy) is 2. The van der Waals surface area contributed by atoms with Gasteiger partial charge in [0.15, 0.2) is 5.96 Å². The summed E-state index contributed by atoms with van der Waals surface area (Å²) in [4.78, 5) is 26.8. The fraction of sp³-hybridized carbons (Fsp3) is 0.423. The number of nitrogens with one attached hydrogen (secondary N) is 3. The maximum absolute atomic E-state index is 13.4. The molecular weight excluding hydrogens is 432 g/mol. The molecule has 0 aromatic heterocycles. The van der Waals surface area contributed by atoms with Gasteiger partial charge in [-0.2, -0.15) is 0 Å². The minimum absolute atomic E-state index is 0.262. The molecule has 0 amide bonds. The summed E-state index contributed by atoms with van der Waals surface area (Å²) in [5, 5.41) is 13.7. The van der Waals surface area contributed by atoms with Gasteiger partial charge in [0.2, 0.25) is 0 Å². The van der Waals surface area contributed by atoms with E-state index in [-0.39, 0.29) is 5.56 Å². The van der Waals surface area contributed by atoms with Crippen molar-refractivity contribution in [1.82, 2.24) is 10.6 Å². The molecule has 8 heteroatoms. The molecule has 0 aliphatic carbocycles. The second-order valence-corrected chi connectivity index (χ2v) is 10.1. The van der Waals surface area contributed by atoms with Gasteiger partial charge in [0, 0.05) is 18.7 Å². The Kier molecular flexibility index (Phi) is 8.45. The van der Waals surface area contributed by atoms with Crippen LogP contribution in [0.1, 0.15) is 58.2 Å². The van der Waals surface area contributed by atoms with Crippen molar-refractivity contribution in [3.63, 3.8) is 0 Å². The zero-order chi connectivity index (χ0) is 25.6. The van der Waals surface area contributed by atoms with Crippen LogP contribution >= 0.6 is 0 Å². The van der Waals surface area contributed by atoms with Crippen molar-refractivity contribution in [2.45, 2.75) is 71.4 Å². The number of guanidine groups is 1. The number of esters is 2. The molecule has 0 radical (unpaired) electrons. The lowest BCUT2D eigenvalue weighted by Gasteiger charge is -2.35. The molecule has 0 aliphatic heterocycles. The third-order valence-electron chi connectivity index (χ3n) is 4.62. The molecule has 0 saturated heterocycles. The average molecular weight is 469 g/mol. The summed E-state index contributed by atoms with van der Waals surface area (Å²) in [7, 11) is 0. The molecule has 5 N–H and O–H groups in total. The molecule has 0 saturated carbocycles. The molecule has 2 aromatic rings. The van der Waals surface area contributed by atoms with Crippen molar-refractivity contribution >= 4 is 17.9 Å². The predicted molar refractivity (Wildman–Crippen MR) is 132 cm³/mol. The lowest BCUT2D eigenvalue weighted by atomic mass is 9.88. The maximum Gasteiger partial charge on any atom is 0.349 e. The minimum Gasteiger partial charge on any atom is -0.458 e. The van der Waals surface area contributed by atoms with Crippen LogP contribution in [0.2, 0.25) is 0 Å². The van der Waals surface area contributed by atoms with Crippen LogP contribution in [-0.4, -0.2) is 29.1 Å². The second-order valence-electron chi connectivity index (χ2n) is 10.1. The molecule has 0 unspecified atom stereocenters. The van der Waals surface area contributed by atoms with E-state index >= 15 is 0 Å². The van der Waals surface area contributed by atoms with Crippen LogP contribution in [-0.2, 0) is 37.7 Å². The standard InChI is InChI=1S/C26H36N4O4/c1-24(2,3)33-21(31)26(30-23(27)28,22(32)34-25(4,5)6)20-14-12-19(13-15-20)17-29-16-18-10-8-7-9-11-18/h7-15,29H,16-17H2,1-6H3,(H4,27,28,30). The predicted octanol–water partition coefficient (Wildman–Crippen LogP) is 3.34. The van der Waals surface area contributed by atoms with Crippen molar-refractivity contribution in [2.75, 3.05) is 0 Å². The Balaban J connectivity index is 2.38. The normalized spacial score (nSPS) is 12.1. The van der Waals surface area contributed by atoms with E-state index in [0.29, 0.717) is 13.1 Å². The molecule has 0 bridgehead atoms. The number of carbonyl (C=O) groups excluding carboxylic acids is 2. The van der Waals surface area contributed by atoms with Crippen LogP contribution in [0.25, 0.3) is 0 Å².